The molecule has 27 heavy (non-hydrogen) atoms. The third-order valence-corrected chi connectivity index (χ3v) is 4.73. The third kappa shape index (κ3) is 7.24. The van der Waals surface area contributed by atoms with Crippen molar-refractivity contribution in [3.8, 4) is 5.75 Å². The monoisotopic (exact) mass is 388 g/mol. The molecule has 2 rings (SSSR count). The lowest BCUT2D eigenvalue weighted by Crippen LogP contribution is -2.26. The van der Waals surface area contributed by atoms with Crippen LogP contribution in [-0.4, -0.2) is 27.5 Å². The van der Waals surface area contributed by atoms with Gasteiger partial charge in [0, 0.05) is 18.4 Å². The van der Waals surface area contributed by atoms with Gasteiger partial charge in [0.15, 0.2) is 0 Å². The molecular formula is C20H24N2O4S. The fourth-order valence-electron chi connectivity index (χ4n) is 2.26. The first-order chi connectivity index (χ1) is 12.9. The van der Waals surface area contributed by atoms with Gasteiger partial charge in [0.05, 0.1) is 12.3 Å². The van der Waals surface area contributed by atoms with Crippen LogP contribution in [0.3, 0.4) is 0 Å². The van der Waals surface area contributed by atoms with E-state index in [4.69, 9.17) is 4.74 Å². The van der Waals surface area contributed by atoms with E-state index < -0.39 is 10.0 Å². The Bertz CT molecular complexity index is 890. The van der Waals surface area contributed by atoms with Crippen molar-refractivity contribution in [3.63, 3.8) is 0 Å². The number of carbonyl (C=O) groups excluding carboxylic acids is 1. The van der Waals surface area contributed by atoms with Crippen LogP contribution in [0.1, 0.15) is 24.5 Å². The summed E-state index contributed by atoms with van der Waals surface area (Å²) in [6.07, 6.45) is 1.53. The van der Waals surface area contributed by atoms with Gasteiger partial charge in [-0.25, -0.2) is 13.1 Å². The minimum absolute atomic E-state index is 0.00318. The molecule has 144 valence electrons. The van der Waals surface area contributed by atoms with Crippen LogP contribution in [0.5, 0.6) is 5.75 Å². The fourth-order valence-corrected chi connectivity index (χ4v) is 3.08. The fraction of sp³-hybridized carbons (Fsp3) is 0.250. The number of amides is 1. The second-order valence-corrected chi connectivity index (χ2v) is 7.53. The maximum atomic E-state index is 12.0. The minimum atomic E-state index is -3.61. The standard InChI is InChI=1S/C20H24N2O4S/c1-3-26-19-7-5-4-6-18(19)22-20(23)12-14-21-27(24,25)15-13-17-10-8-16(2)9-11-17/h4-11,13,15,21H,3,12,14H2,1-2H3,(H,22,23)/b15-13+. The van der Waals surface area contributed by atoms with Crippen molar-refractivity contribution in [2.75, 3.05) is 18.5 Å². The molecule has 6 nitrogen and oxygen atoms in total. The second kappa shape index (κ2) is 9.89. The van der Waals surface area contributed by atoms with Crippen LogP contribution in [0.25, 0.3) is 6.08 Å². The van der Waals surface area contributed by atoms with Crippen molar-refractivity contribution in [3.05, 3.63) is 65.1 Å². The van der Waals surface area contributed by atoms with Crippen LogP contribution >= 0.6 is 0 Å². The number of benzene rings is 2. The molecule has 0 spiro atoms. The van der Waals surface area contributed by atoms with E-state index in [2.05, 4.69) is 10.0 Å². The van der Waals surface area contributed by atoms with Crippen molar-refractivity contribution in [2.24, 2.45) is 0 Å². The number of hydrogen-bond donors (Lipinski definition) is 2. The summed E-state index contributed by atoms with van der Waals surface area (Å²) in [6.45, 7) is 4.31. The minimum Gasteiger partial charge on any atom is -0.492 e. The largest absolute Gasteiger partial charge is 0.492 e. The van der Waals surface area contributed by atoms with Gasteiger partial charge >= 0.3 is 0 Å². The molecule has 0 saturated carbocycles. The zero-order chi connectivity index (χ0) is 19.7. The van der Waals surface area contributed by atoms with Gasteiger partial charge in [-0.1, -0.05) is 42.0 Å². The summed E-state index contributed by atoms with van der Waals surface area (Å²) < 4.78 is 31.8. The van der Waals surface area contributed by atoms with E-state index in [0.717, 1.165) is 16.5 Å². The van der Waals surface area contributed by atoms with Gasteiger partial charge < -0.3 is 10.1 Å². The Kier molecular flexibility index (Phi) is 7.57. The number of carbonyl (C=O) groups is 1. The topological polar surface area (TPSA) is 84.5 Å². The molecule has 0 aliphatic carbocycles. The maximum Gasteiger partial charge on any atom is 0.233 e. The summed E-state index contributed by atoms with van der Waals surface area (Å²) in [5.41, 5.74) is 2.45. The van der Waals surface area contributed by atoms with Gasteiger partial charge in [-0.05, 0) is 37.6 Å². The van der Waals surface area contributed by atoms with Crippen molar-refractivity contribution < 1.29 is 17.9 Å². The van der Waals surface area contributed by atoms with Gasteiger partial charge in [-0.2, -0.15) is 0 Å². The molecule has 1 amide bonds. The number of anilines is 1. The van der Waals surface area contributed by atoms with Crippen molar-refractivity contribution in [2.45, 2.75) is 20.3 Å². The average Bonchev–Trinajstić information content (AvgIpc) is 2.63. The lowest BCUT2D eigenvalue weighted by atomic mass is 10.2. The number of hydrogen-bond acceptors (Lipinski definition) is 4. The Morgan fingerprint density at radius 1 is 1.11 bits per heavy atom. The van der Waals surface area contributed by atoms with Crippen molar-refractivity contribution in [1.29, 1.82) is 0 Å². The first-order valence-corrected chi connectivity index (χ1v) is 10.2. The van der Waals surface area contributed by atoms with Gasteiger partial charge in [0.1, 0.15) is 5.75 Å². The van der Waals surface area contributed by atoms with E-state index >= 15 is 0 Å². The average molecular weight is 388 g/mol. The normalized spacial score (nSPS) is 11.5. The summed E-state index contributed by atoms with van der Waals surface area (Å²) >= 11 is 0. The molecule has 0 radical (unpaired) electrons. The summed E-state index contributed by atoms with van der Waals surface area (Å²) in [5, 5.41) is 3.83. The highest BCUT2D eigenvalue weighted by atomic mass is 32.2. The van der Waals surface area contributed by atoms with E-state index in [9.17, 15) is 13.2 Å². The highest BCUT2D eigenvalue weighted by molar-refractivity contribution is 7.92. The van der Waals surface area contributed by atoms with Crippen molar-refractivity contribution >= 4 is 27.7 Å². The summed E-state index contributed by atoms with van der Waals surface area (Å²) in [5.74, 6) is 0.280. The highest BCUT2D eigenvalue weighted by Gasteiger charge is 2.09. The van der Waals surface area contributed by atoms with E-state index in [1.807, 2.05) is 44.2 Å². The molecule has 2 N–H and O–H groups in total. The smallest absolute Gasteiger partial charge is 0.233 e. The summed E-state index contributed by atoms with van der Waals surface area (Å²) in [4.78, 5) is 12.0. The van der Waals surface area contributed by atoms with Gasteiger partial charge in [0.25, 0.3) is 0 Å². The number of ether oxygens (including phenoxy) is 1. The Morgan fingerprint density at radius 3 is 2.52 bits per heavy atom. The second-order valence-electron chi connectivity index (χ2n) is 5.88. The first kappa shape index (κ1) is 20.7. The highest BCUT2D eigenvalue weighted by Crippen LogP contribution is 2.23. The number of rotatable bonds is 9. The molecule has 0 atom stereocenters. The van der Waals surface area contributed by atoms with Crippen LogP contribution < -0.4 is 14.8 Å². The Labute approximate surface area is 160 Å². The predicted octanol–water partition coefficient (Wildman–Crippen LogP) is 3.31. The lowest BCUT2D eigenvalue weighted by molar-refractivity contribution is -0.116. The predicted molar refractivity (Wildman–Crippen MR) is 108 cm³/mol. The van der Waals surface area contributed by atoms with Crippen LogP contribution in [-0.2, 0) is 14.8 Å². The van der Waals surface area contributed by atoms with Crippen LogP contribution in [0.4, 0.5) is 5.69 Å². The van der Waals surface area contributed by atoms with E-state index in [1.54, 1.807) is 18.2 Å². The zero-order valence-electron chi connectivity index (χ0n) is 15.4. The summed E-state index contributed by atoms with van der Waals surface area (Å²) in [6, 6.07) is 14.6. The van der Waals surface area contributed by atoms with E-state index in [-0.39, 0.29) is 18.9 Å². The van der Waals surface area contributed by atoms with Crippen molar-refractivity contribution in [1.82, 2.24) is 4.72 Å². The molecule has 2 aromatic rings. The Balaban J connectivity index is 1.84. The number of aryl methyl sites for hydroxylation is 1. The molecule has 7 heteroatoms. The van der Waals surface area contributed by atoms with Crippen LogP contribution in [0.2, 0.25) is 0 Å². The molecule has 0 fully saturated rings. The van der Waals surface area contributed by atoms with E-state index in [1.165, 1.54) is 6.08 Å². The van der Waals surface area contributed by atoms with Gasteiger partial charge in [-0.15, -0.1) is 0 Å². The Hall–Kier alpha value is -2.64. The van der Waals surface area contributed by atoms with E-state index in [0.29, 0.717) is 18.0 Å². The quantitative estimate of drug-likeness (QED) is 0.690. The van der Waals surface area contributed by atoms with Gasteiger partial charge in [0.2, 0.25) is 15.9 Å². The number of sulfonamides is 1. The number of nitrogens with one attached hydrogen (secondary N) is 2. The Morgan fingerprint density at radius 2 is 1.81 bits per heavy atom. The van der Waals surface area contributed by atoms with Crippen LogP contribution in [0.15, 0.2) is 53.9 Å². The number of para-hydroxylation sites is 2. The third-order valence-electron chi connectivity index (χ3n) is 3.63. The molecule has 2 aromatic carbocycles. The first-order valence-electron chi connectivity index (χ1n) is 8.66. The molecule has 0 heterocycles. The SMILES string of the molecule is CCOc1ccccc1NC(=O)CCNS(=O)(=O)/C=C/c1ccc(C)cc1. The van der Waals surface area contributed by atoms with Gasteiger partial charge in [-0.3, -0.25) is 4.79 Å². The maximum absolute atomic E-state index is 12.0. The molecule has 0 aromatic heterocycles. The molecule has 0 bridgehead atoms. The lowest BCUT2D eigenvalue weighted by Gasteiger charge is -2.11. The zero-order valence-corrected chi connectivity index (χ0v) is 16.3. The molecule has 0 unspecified atom stereocenters. The summed E-state index contributed by atoms with van der Waals surface area (Å²) in [7, 11) is -3.61. The molecule has 0 aliphatic heterocycles. The molecule has 0 saturated heterocycles. The molecular weight excluding hydrogens is 364 g/mol. The molecule has 0 aliphatic rings. The van der Waals surface area contributed by atoms with Crippen LogP contribution in [0, 0.1) is 6.92 Å².